The lowest BCUT2D eigenvalue weighted by Gasteiger charge is -2.57. The molecule has 2 N–H and O–H groups in total. The zero-order valence-corrected chi connectivity index (χ0v) is 13.5. The predicted octanol–water partition coefficient (Wildman–Crippen LogP) is 1.92. The van der Waals surface area contributed by atoms with Crippen molar-refractivity contribution in [2.45, 2.75) is 36.7 Å². The smallest absolute Gasteiger partial charge is 0.272 e. The van der Waals surface area contributed by atoms with Gasteiger partial charge in [0.25, 0.3) is 6.43 Å². The molecule has 25 heavy (non-hydrogen) atoms. The van der Waals surface area contributed by atoms with Crippen LogP contribution in [0.2, 0.25) is 0 Å². The van der Waals surface area contributed by atoms with Crippen molar-refractivity contribution in [3.8, 4) is 17.3 Å². The maximum atomic E-state index is 12.1. The van der Waals surface area contributed by atoms with Crippen LogP contribution in [0.5, 0.6) is 5.75 Å². The van der Waals surface area contributed by atoms with Crippen molar-refractivity contribution in [3.05, 3.63) is 24.2 Å². The van der Waals surface area contributed by atoms with Gasteiger partial charge in [0.2, 0.25) is 11.7 Å². The van der Waals surface area contributed by atoms with Crippen LogP contribution < -0.4 is 10.5 Å². The van der Waals surface area contributed by atoms with Crippen LogP contribution in [0.15, 0.2) is 22.9 Å². The van der Waals surface area contributed by atoms with Crippen LogP contribution in [-0.4, -0.2) is 46.9 Å². The van der Waals surface area contributed by atoms with Crippen molar-refractivity contribution in [2.75, 3.05) is 19.8 Å². The van der Waals surface area contributed by atoms with E-state index in [1.54, 1.807) is 12.1 Å². The van der Waals surface area contributed by atoms with Gasteiger partial charge >= 0.3 is 0 Å². The van der Waals surface area contributed by atoms with Crippen molar-refractivity contribution in [1.29, 1.82) is 0 Å². The van der Waals surface area contributed by atoms with Gasteiger partial charge < -0.3 is 19.7 Å². The number of hydrogen-bond donors (Lipinski definition) is 1. The Morgan fingerprint density at radius 2 is 2.16 bits per heavy atom. The van der Waals surface area contributed by atoms with Crippen LogP contribution >= 0.6 is 0 Å². The molecule has 0 aromatic carbocycles. The second-order valence-corrected chi connectivity index (χ2v) is 6.62. The molecule has 3 fully saturated rings. The molecule has 2 aliphatic heterocycles. The molecule has 0 amide bonds. The highest BCUT2D eigenvalue weighted by molar-refractivity contribution is 5.49. The van der Waals surface area contributed by atoms with Crippen LogP contribution in [0.1, 0.15) is 25.2 Å². The van der Waals surface area contributed by atoms with Gasteiger partial charge in [0.05, 0.1) is 17.2 Å². The van der Waals surface area contributed by atoms with E-state index in [1.165, 1.54) is 6.20 Å². The molecule has 1 aliphatic carbocycles. The minimum atomic E-state index is -2.53. The lowest BCUT2D eigenvalue weighted by atomic mass is 9.55. The number of nitrogens with two attached hydrogens (primary N) is 1. The molecule has 5 rings (SSSR count). The van der Waals surface area contributed by atoms with Crippen molar-refractivity contribution in [2.24, 2.45) is 5.73 Å². The predicted molar refractivity (Wildman–Crippen MR) is 82.3 cm³/mol. The van der Waals surface area contributed by atoms with Crippen LogP contribution in [0.4, 0.5) is 8.78 Å². The van der Waals surface area contributed by atoms with Gasteiger partial charge in [0, 0.05) is 13.2 Å². The van der Waals surface area contributed by atoms with Gasteiger partial charge in [-0.1, -0.05) is 5.16 Å². The van der Waals surface area contributed by atoms with E-state index in [2.05, 4.69) is 15.1 Å². The number of pyridine rings is 1. The highest BCUT2D eigenvalue weighted by Gasteiger charge is 2.61. The Morgan fingerprint density at radius 1 is 1.32 bits per heavy atom. The van der Waals surface area contributed by atoms with E-state index in [9.17, 15) is 8.78 Å². The van der Waals surface area contributed by atoms with Gasteiger partial charge in [0.1, 0.15) is 18.1 Å². The second kappa shape index (κ2) is 5.99. The van der Waals surface area contributed by atoms with Crippen molar-refractivity contribution >= 4 is 0 Å². The Kier molecular flexibility index (Phi) is 3.92. The van der Waals surface area contributed by atoms with Crippen molar-refractivity contribution in [3.63, 3.8) is 0 Å². The van der Waals surface area contributed by atoms with E-state index < -0.39 is 13.0 Å². The van der Waals surface area contributed by atoms with Gasteiger partial charge in [-0.15, -0.1) is 0 Å². The molecule has 4 heterocycles. The van der Waals surface area contributed by atoms with Gasteiger partial charge in [0.15, 0.2) is 0 Å². The Bertz CT molecular complexity index is 744. The summed E-state index contributed by atoms with van der Waals surface area (Å²) in [5.74, 6) is 1.21. The molecule has 0 unspecified atom stereocenters. The molecule has 2 bridgehead atoms. The minimum absolute atomic E-state index is 0.164. The van der Waals surface area contributed by atoms with Crippen LogP contribution in [0.3, 0.4) is 0 Å². The Labute approximate surface area is 142 Å². The first kappa shape index (κ1) is 16.3. The summed E-state index contributed by atoms with van der Waals surface area (Å²) in [6, 6.07) is 3.16. The van der Waals surface area contributed by atoms with Crippen LogP contribution in [0, 0.1) is 0 Å². The van der Waals surface area contributed by atoms with E-state index in [4.69, 9.17) is 19.7 Å². The number of halogens is 2. The SMILES string of the molecule is NCC12CC(c3nc(-c4ccc(OCC(F)F)cn4)no3)(CCO1)C2. The first-order valence-corrected chi connectivity index (χ1v) is 8.10. The number of aromatic nitrogens is 3. The summed E-state index contributed by atoms with van der Waals surface area (Å²) in [4.78, 5) is 8.64. The third-order valence-electron chi connectivity index (χ3n) is 4.90. The monoisotopic (exact) mass is 352 g/mol. The number of alkyl halides is 2. The fourth-order valence-electron chi connectivity index (χ4n) is 3.68. The maximum Gasteiger partial charge on any atom is 0.272 e. The maximum absolute atomic E-state index is 12.1. The zero-order chi connectivity index (χ0) is 17.5. The first-order valence-electron chi connectivity index (χ1n) is 8.10. The summed E-state index contributed by atoms with van der Waals surface area (Å²) in [6.07, 6.45) is 1.23. The molecule has 7 nitrogen and oxygen atoms in total. The lowest BCUT2D eigenvalue weighted by Crippen LogP contribution is -2.64. The number of ether oxygens (including phenoxy) is 2. The lowest BCUT2D eigenvalue weighted by molar-refractivity contribution is -0.193. The average Bonchev–Trinajstić information content (AvgIpc) is 3.10. The summed E-state index contributed by atoms with van der Waals surface area (Å²) in [7, 11) is 0. The van der Waals surface area contributed by atoms with Crippen LogP contribution in [-0.2, 0) is 10.2 Å². The molecule has 134 valence electrons. The summed E-state index contributed by atoms with van der Waals surface area (Å²) >= 11 is 0. The highest BCUT2D eigenvalue weighted by Crippen LogP contribution is 2.56. The molecule has 2 aromatic rings. The largest absolute Gasteiger partial charge is 0.486 e. The molecular weight excluding hydrogens is 334 g/mol. The van der Waals surface area contributed by atoms with E-state index in [0.29, 0.717) is 30.6 Å². The first-order chi connectivity index (χ1) is 12.0. The topological polar surface area (TPSA) is 96.3 Å². The molecule has 0 atom stereocenters. The van der Waals surface area contributed by atoms with Crippen molar-refractivity contribution < 1.29 is 22.8 Å². The minimum Gasteiger partial charge on any atom is -0.486 e. The second-order valence-electron chi connectivity index (χ2n) is 6.62. The molecule has 3 aliphatic rings. The average molecular weight is 352 g/mol. The standard InChI is InChI=1S/C16H18F2N4O3/c17-12(18)6-23-10-1-2-11(20-5-10)13-21-14(25-22-13)15-3-4-24-16(7-15,8-15)9-19/h1-2,5,12H,3-4,6-9,19H2. The normalized spacial score (nSPS) is 28.0. The Balaban J connectivity index is 1.48. The van der Waals surface area contributed by atoms with Gasteiger partial charge in [-0.25, -0.2) is 13.8 Å². The highest BCUT2D eigenvalue weighted by atomic mass is 19.3. The van der Waals surface area contributed by atoms with Crippen LogP contribution in [0.25, 0.3) is 11.5 Å². The Morgan fingerprint density at radius 3 is 2.84 bits per heavy atom. The fraction of sp³-hybridized carbons (Fsp3) is 0.562. The molecule has 0 spiro atoms. The third kappa shape index (κ3) is 2.87. The summed E-state index contributed by atoms with van der Waals surface area (Å²) in [5.41, 5.74) is 5.88. The third-order valence-corrected chi connectivity index (χ3v) is 4.90. The van der Waals surface area contributed by atoms with Gasteiger partial charge in [-0.05, 0) is 31.4 Å². The molecule has 0 radical (unpaired) electrons. The number of nitrogens with zero attached hydrogens (tertiary/aromatic N) is 3. The van der Waals surface area contributed by atoms with Gasteiger partial charge in [-0.2, -0.15) is 4.98 Å². The zero-order valence-electron chi connectivity index (χ0n) is 13.5. The molecule has 9 heteroatoms. The summed E-state index contributed by atoms with van der Waals surface area (Å²) in [6.45, 7) is 0.446. The molecule has 2 saturated heterocycles. The number of hydrogen-bond acceptors (Lipinski definition) is 7. The van der Waals surface area contributed by atoms with E-state index in [0.717, 1.165) is 19.3 Å². The summed E-state index contributed by atoms with van der Waals surface area (Å²) < 4.78 is 40.4. The number of fused-ring (bicyclic) bond motifs is 2. The fourth-order valence-corrected chi connectivity index (χ4v) is 3.68. The van der Waals surface area contributed by atoms with E-state index >= 15 is 0 Å². The van der Waals surface area contributed by atoms with E-state index in [-0.39, 0.29) is 16.8 Å². The summed E-state index contributed by atoms with van der Waals surface area (Å²) in [5, 5.41) is 4.00. The van der Waals surface area contributed by atoms with Gasteiger partial charge in [-0.3, -0.25) is 0 Å². The molecule has 1 saturated carbocycles. The van der Waals surface area contributed by atoms with E-state index in [1.807, 2.05) is 0 Å². The molecular formula is C16H18F2N4O3. The number of rotatable bonds is 6. The molecule has 2 aromatic heterocycles. The Hall–Kier alpha value is -2.13. The quantitative estimate of drug-likeness (QED) is 0.848. The van der Waals surface area contributed by atoms with Crippen molar-refractivity contribution in [1.82, 2.24) is 15.1 Å².